The smallest absolute Gasteiger partial charge is 0.368 e. The predicted molar refractivity (Wildman–Crippen MR) is 120 cm³/mol. The standard InChI is InChI=1S/C24H24N5O3/c1-5-6-13-28-14-12-20(28)18-10-11-22(17(2)15-18)32-16-19-21(8-7-9-23(19)31-4)29-24(30)27(3)25-26-29/h7-12,14-15H,13,16H2,1-4H3/q+1. The van der Waals surface area contributed by atoms with Gasteiger partial charge in [-0.15, -0.1) is 5.92 Å². The second-order valence-electron chi connectivity index (χ2n) is 7.28. The zero-order valence-electron chi connectivity index (χ0n) is 18.5. The fourth-order valence-electron chi connectivity index (χ4n) is 3.49. The van der Waals surface area contributed by atoms with Gasteiger partial charge in [-0.3, -0.25) is 0 Å². The Labute approximate surface area is 186 Å². The Balaban J connectivity index is 1.60. The summed E-state index contributed by atoms with van der Waals surface area (Å²) in [5.41, 5.74) is 4.19. The Hall–Kier alpha value is -4.12. The van der Waals surface area contributed by atoms with E-state index in [1.165, 1.54) is 9.36 Å². The molecule has 2 aromatic carbocycles. The molecule has 0 saturated heterocycles. The molecule has 0 saturated carbocycles. The fourth-order valence-corrected chi connectivity index (χ4v) is 3.49. The largest absolute Gasteiger partial charge is 0.496 e. The van der Waals surface area contributed by atoms with Crippen LogP contribution in [0, 0.1) is 18.8 Å². The molecule has 32 heavy (non-hydrogen) atoms. The molecule has 0 unspecified atom stereocenters. The third kappa shape index (κ3) is 3.93. The highest BCUT2D eigenvalue weighted by molar-refractivity contribution is 6.07. The zero-order chi connectivity index (χ0) is 22.7. The van der Waals surface area contributed by atoms with Crippen LogP contribution >= 0.6 is 0 Å². The second kappa shape index (κ2) is 8.94. The van der Waals surface area contributed by atoms with Gasteiger partial charge in [0.25, 0.3) is 0 Å². The van der Waals surface area contributed by atoms with E-state index in [9.17, 15) is 4.79 Å². The van der Waals surface area contributed by atoms with Gasteiger partial charge in [0.05, 0.1) is 24.4 Å². The Morgan fingerprint density at radius 2 is 2.00 bits per heavy atom. The molecule has 0 N–H and O–H groups in total. The lowest BCUT2D eigenvalue weighted by atomic mass is 10.0. The third-order valence-corrected chi connectivity index (χ3v) is 5.27. The number of aryl methyl sites for hydroxylation is 2. The number of ether oxygens (including phenoxy) is 2. The third-order valence-electron chi connectivity index (χ3n) is 5.27. The molecule has 0 radical (unpaired) electrons. The molecule has 0 spiro atoms. The Kier molecular flexibility index (Phi) is 5.90. The van der Waals surface area contributed by atoms with Gasteiger partial charge in [-0.2, -0.15) is 13.9 Å². The number of allylic oxidation sites excluding steroid dienone is 1. The molecule has 4 rings (SSSR count). The molecule has 8 nitrogen and oxygen atoms in total. The second-order valence-corrected chi connectivity index (χ2v) is 7.28. The van der Waals surface area contributed by atoms with E-state index in [0.717, 1.165) is 22.6 Å². The van der Waals surface area contributed by atoms with Crippen LogP contribution in [0.2, 0.25) is 0 Å². The SMILES string of the molecule is CC#CC[N+]1=C(c2ccc(OCc3c(OC)cccc3-n3nnn(C)c3=O)c(C)c2)C=C1. The molecule has 1 aliphatic rings. The predicted octanol–water partition coefficient (Wildman–Crippen LogP) is 2.21. The molecule has 3 aromatic rings. The van der Waals surface area contributed by atoms with Crippen LogP contribution in [-0.4, -0.2) is 43.7 Å². The quantitative estimate of drug-likeness (QED) is 0.425. The number of tetrazole rings is 1. The van der Waals surface area contributed by atoms with Crippen LogP contribution in [0.25, 0.3) is 5.69 Å². The minimum atomic E-state index is -0.345. The van der Waals surface area contributed by atoms with E-state index >= 15 is 0 Å². The fraction of sp³-hybridized carbons (Fsp3) is 0.250. The number of benzene rings is 2. The van der Waals surface area contributed by atoms with E-state index in [2.05, 4.69) is 39.0 Å². The van der Waals surface area contributed by atoms with Crippen LogP contribution < -0.4 is 15.2 Å². The lowest BCUT2D eigenvalue weighted by molar-refractivity contribution is -0.452. The molecule has 0 fully saturated rings. The average Bonchev–Trinajstić information content (AvgIpc) is 3.10. The van der Waals surface area contributed by atoms with E-state index in [1.54, 1.807) is 26.3 Å². The monoisotopic (exact) mass is 430 g/mol. The lowest BCUT2D eigenvalue weighted by Crippen LogP contribution is -2.23. The molecule has 0 aliphatic carbocycles. The molecule has 8 heteroatoms. The molecule has 0 bridgehead atoms. The summed E-state index contributed by atoms with van der Waals surface area (Å²) in [6.07, 6.45) is 4.10. The normalized spacial score (nSPS) is 12.2. The molecule has 1 aromatic heterocycles. The maximum Gasteiger partial charge on any atom is 0.368 e. The number of methoxy groups -OCH3 is 1. The molecule has 0 amide bonds. The zero-order valence-corrected chi connectivity index (χ0v) is 18.5. The Morgan fingerprint density at radius 1 is 1.16 bits per heavy atom. The molecule has 1 aliphatic heterocycles. The van der Waals surface area contributed by atoms with Gasteiger partial charge in [-0.25, -0.2) is 4.79 Å². The van der Waals surface area contributed by atoms with Gasteiger partial charge in [0.2, 0.25) is 12.3 Å². The number of rotatable bonds is 7. The van der Waals surface area contributed by atoms with Crippen LogP contribution in [0.3, 0.4) is 0 Å². The summed E-state index contributed by atoms with van der Waals surface area (Å²) in [4.78, 5) is 12.4. The van der Waals surface area contributed by atoms with E-state index < -0.39 is 0 Å². The summed E-state index contributed by atoms with van der Waals surface area (Å²) in [5, 5.41) is 7.75. The molecular formula is C24H24N5O3+. The first kappa shape index (κ1) is 21.1. The molecular weight excluding hydrogens is 406 g/mol. The van der Waals surface area contributed by atoms with Gasteiger partial charge in [0.15, 0.2) is 6.20 Å². The summed E-state index contributed by atoms with van der Waals surface area (Å²) >= 11 is 0. The van der Waals surface area contributed by atoms with Crippen molar-refractivity contribution < 1.29 is 14.0 Å². The first-order chi connectivity index (χ1) is 15.5. The number of hydrogen-bond donors (Lipinski definition) is 0. The first-order valence-corrected chi connectivity index (χ1v) is 10.1. The average molecular weight is 430 g/mol. The minimum Gasteiger partial charge on any atom is -0.496 e. The van der Waals surface area contributed by atoms with Crippen LogP contribution in [-0.2, 0) is 13.7 Å². The Morgan fingerprint density at radius 3 is 2.62 bits per heavy atom. The van der Waals surface area contributed by atoms with Gasteiger partial charge in [-0.05, 0) is 66.1 Å². The highest BCUT2D eigenvalue weighted by Gasteiger charge is 2.21. The molecule has 162 valence electrons. The van der Waals surface area contributed by atoms with Crippen molar-refractivity contribution in [1.82, 2.24) is 19.8 Å². The van der Waals surface area contributed by atoms with Crippen LogP contribution in [0.4, 0.5) is 0 Å². The van der Waals surface area contributed by atoms with Gasteiger partial charge in [-0.1, -0.05) is 6.07 Å². The van der Waals surface area contributed by atoms with Crippen molar-refractivity contribution in [3.8, 4) is 29.0 Å². The van der Waals surface area contributed by atoms with Gasteiger partial charge < -0.3 is 9.47 Å². The van der Waals surface area contributed by atoms with Crippen LogP contribution in [0.15, 0.2) is 53.5 Å². The van der Waals surface area contributed by atoms with Crippen molar-refractivity contribution >= 4 is 5.71 Å². The summed E-state index contributed by atoms with van der Waals surface area (Å²) in [6.45, 7) is 4.73. The van der Waals surface area contributed by atoms with E-state index in [0.29, 0.717) is 23.5 Å². The lowest BCUT2D eigenvalue weighted by Gasteiger charge is -2.16. The molecule has 2 heterocycles. The summed E-state index contributed by atoms with van der Waals surface area (Å²) < 4.78 is 16.2. The van der Waals surface area contributed by atoms with Crippen molar-refractivity contribution in [3.05, 3.63) is 75.8 Å². The van der Waals surface area contributed by atoms with E-state index in [-0.39, 0.29) is 12.3 Å². The minimum absolute atomic E-state index is 0.206. The highest BCUT2D eigenvalue weighted by atomic mass is 16.5. The first-order valence-electron chi connectivity index (χ1n) is 10.1. The van der Waals surface area contributed by atoms with Crippen molar-refractivity contribution in [2.24, 2.45) is 7.05 Å². The number of aromatic nitrogens is 4. The van der Waals surface area contributed by atoms with Crippen molar-refractivity contribution in [2.75, 3.05) is 13.7 Å². The topological polar surface area (TPSA) is 74.2 Å². The molecule has 0 atom stereocenters. The highest BCUT2D eigenvalue weighted by Crippen LogP contribution is 2.28. The summed E-state index contributed by atoms with van der Waals surface area (Å²) in [5.74, 6) is 7.36. The van der Waals surface area contributed by atoms with E-state index in [4.69, 9.17) is 9.47 Å². The van der Waals surface area contributed by atoms with Crippen molar-refractivity contribution in [1.29, 1.82) is 0 Å². The Bertz CT molecular complexity index is 1350. The van der Waals surface area contributed by atoms with Crippen molar-refractivity contribution in [3.63, 3.8) is 0 Å². The number of nitrogens with zero attached hydrogens (tertiary/aromatic N) is 5. The maximum atomic E-state index is 12.4. The number of hydrogen-bond acceptors (Lipinski definition) is 5. The summed E-state index contributed by atoms with van der Waals surface area (Å²) in [6, 6.07) is 11.5. The van der Waals surface area contributed by atoms with Gasteiger partial charge in [0, 0.05) is 12.6 Å². The summed E-state index contributed by atoms with van der Waals surface area (Å²) in [7, 11) is 3.14. The van der Waals surface area contributed by atoms with Gasteiger partial charge >= 0.3 is 5.69 Å². The van der Waals surface area contributed by atoms with Crippen LogP contribution in [0.5, 0.6) is 11.5 Å². The maximum absolute atomic E-state index is 12.4. The van der Waals surface area contributed by atoms with Crippen LogP contribution in [0.1, 0.15) is 23.6 Å². The van der Waals surface area contributed by atoms with E-state index in [1.807, 2.05) is 38.2 Å². The van der Waals surface area contributed by atoms with Gasteiger partial charge in [0.1, 0.15) is 18.1 Å². The van der Waals surface area contributed by atoms with Crippen molar-refractivity contribution in [2.45, 2.75) is 20.5 Å².